The van der Waals surface area contributed by atoms with Crippen LogP contribution in [0.4, 0.5) is 5.13 Å². The quantitative estimate of drug-likeness (QED) is 0.403. The molecule has 0 amide bonds. The van der Waals surface area contributed by atoms with Crippen molar-refractivity contribution in [3.63, 3.8) is 0 Å². The number of aromatic nitrogens is 1. The largest absolute Gasteiger partial charge is 0.253 e. The van der Waals surface area contributed by atoms with Crippen LogP contribution in [0, 0.1) is 0 Å². The molecule has 1 aromatic heterocycles. The van der Waals surface area contributed by atoms with Gasteiger partial charge in [0.05, 0.1) is 16.8 Å². The van der Waals surface area contributed by atoms with E-state index in [1.807, 2.05) is 29.6 Å². The summed E-state index contributed by atoms with van der Waals surface area (Å²) in [5.74, 6) is 0. The van der Waals surface area contributed by atoms with Gasteiger partial charge >= 0.3 is 0 Å². The Hall–Kier alpha value is -2.55. The molecule has 2 heterocycles. The van der Waals surface area contributed by atoms with Crippen LogP contribution < -0.4 is 5.43 Å². The lowest BCUT2D eigenvalue weighted by atomic mass is 10.1. The summed E-state index contributed by atoms with van der Waals surface area (Å²) in [6.45, 7) is 3.34. The second kappa shape index (κ2) is 9.72. The molecule has 1 saturated heterocycles. The van der Waals surface area contributed by atoms with Crippen LogP contribution in [0.25, 0.3) is 11.3 Å². The maximum atomic E-state index is 12.8. The zero-order chi connectivity index (χ0) is 21.7. The molecule has 0 spiro atoms. The Kier molecular flexibility index (Phi) is 6.80. The predicted octanol–water partition coefficient (Wildman–Crippen LogP) is 4.99. The topological polar surface area (TPSA) is 74.7 Å². The lowest BCUT2D eigenvalue weighted by molar-refractivity contribution is 0.346. The molecule has 1 aliphatic heterocycles. The van der Waals surface area contributed by atoms with E-state index in [2.05, 4.69) is 34.6 Å². The summed E-state index contributed by atoms with van der Waals surface area (Å²) in [7, 11) is -3.41. The SMILES string of the molecule is CCc1ccc(/C=N/Nc2nc(-c3ccc(S(=O)(=O)N4CCCCC4)cc3)cs2)cc1. The molecular weight excluding hydrogens is 428 g/mol. The van der Waals surface area contributed by atoms with Crippen LogP contribution in [0.3, 0.4) is 0 Å². The summed E-state index contributed by atoms with van der Waals surface area (Å²) in [6, 6.07) is 15.2. The number of rotatable bonds is 7. The van der Waals surface area contributed by atoms with Crippen LogP contribution in [0.2, 0.25) is 0 Å². The summed E-state index contributed by atoms with van der Waals surface area (Å²) >= 11 is 1.46. The Morgan fingerprint density at radius 2 is 1.77 bits per heavy atom. The van der Waals surface area contributed by atoms with Crippen molar-refractivity contribution in [2.75, 3.05) is 18.5 Å². The molecule has 0 bridgehead atoms. The number of piperidine rings is 1. The van der Waals surface area contributed by atoms with Crippen LogP contribution in [0.15, 0.2) is 63.9 Å². The highest BCUT2D eigenvalue weighted by Crippen LogP contribution is 2.27. The van der Waals surface area contributed by atoms with Gasteiger partial charge in [-0.15, -0.1) is 11.3 Å². The molecule has 1 fully saturated rings. The van der Waals surface area contributed by atoms with E-state index in [4.69, 9.17) is 0 Å². The minimum atomic E-state index is -3.41. The third-order valence-corrected chi connectivity index (χ3v) is 8.03. The van der Waals surface area contributed by atoms with Gasteiger partial charge in [0.2, 0.25) is 15.2 Å². The molecule has 31 heavy (non-hydrogen) atoms. The maximum Gasteiger partial charge on any atom is 0.243 e. The first-order valence-corrected chi connectivity index (χ1v) is 12.8. The van der Waals surface area contributed by atoms with Gasteiger partial charge in [0, 0.05) is 24.0 Å². The average Bonchev–Trinajstić information content (AvgIpc) is 3.29. The number of hydrazone groups is 1. The van der Waals surface area contributed by atoms with Crippen molar-refractivity contribution in [3.05, 3.63) is 65.0 Å². The smallest absolute Gasteiger partial charge is 0.243 e. The molecule has 0 saturated carbocycles. The van der Waals surface area contributed by atoms with Crippen LogP contribution >= 0.6 is 11.3 Å². The minimum Gasteiger partial charge on any atom is -0.253 e. The zero-order valence-corrected chi connectivity index (χ0v) is 19.1. The first kappa shape index (κ1) is 21.7. The van der Waals surface area contributed by atoms with E-state index in [-0.39, 0.29) is 0 Å². The summed E-state index contributed by atoms with van der Waals surface area (Å²) < 4.78 is 27.2. The summed E-state index contributed by atoms with van der Waals surface area (Å²) in [4.78, 5) is 4.89. The van der Waals surface area contributed by atoms with Gasteiger partial charge in [-0.25, -0.2) is 13.4 Å². The lowest BCUT2D eigenvalue weighted by Gasteiger charge is -2.25. The van der Waals surface area contributed by atoms with Gasteiger partial charge in [0.1, 0.15) is 0 Å². The van der Waals surface area contributed by atoms with E-state index in [9.17, 15) is 8.42 Å². The van der Waals surface area contributed by atoms with E-state index in [0.717, 1.165) is 42.5 Å². The zero-order valence-electron chi connectivity index (χ0n) is 17.5. The number of nitrogens with one attached hydrogen (secondary N) is 1. The Balaban J connectivity index is 1.41. The van der Waals surface area contributed by atoms with E-state index < -0.39 is 10.0 Å². The van der Waals surface area contributed by atoms with Gasteiger partial charge in [-0.05, 0) is 42.5 Å². The molecule has 4 rings (SSSR count). The lowest BCUT2D eigenvalue weighted by Crippen LogP contribution is -2.35. The molecule has 0 unspecified atom stereocenters. The minimum absolute atomic E-state index is 0.338. The molecular formula is C23H26N4O2S2. The van der Waals surface area contributed by atoms with E-state index >= 15 is 0 Å². The third-order valence-electron chi connectivity index (χ3n) is 5.37. The Bertz CT molecular complexity index is 1130. The van der Waals surface area contributed by atoms with Gasteiger partial charge in [-0.2, -0.15) is 9.41 Å². The molecule has 8 heteroatoms. The highest BCUT2D eigenvalue weighted by Gasteiger charge is 2.25. The second-order valence-corrected chi connectivity index (χ2v) is 10.3. The highest BCUT2D eigenvalue weighted by molar-refractivity contribution is 7.89. The summed E-state index contributed by atoms with van der Waals surface area (Å²) in [5.41, 5.74) is 6.95. The molecule has 0 atom stereocenters. The second-order valence-electron chi connectivity index (χ2n) is 7.49. The number of thiazole rings is 1. The molecule has 1 N–H and O–H groups in total. The van der Waals surface area contributed by atoms with Gasteiger partial charge in [0.15, 0.2) is 0 Å². The summed E-state index contributed by atoms with van der Waals surface area (Å²) in [5, 5.41) is 6.88. The van der Waals surface area contributed by atoms with Crippen molar-refractivity contribution >= 4 is 32.7 Å². The van der Waals surface area contributed by atoms with Crippen molar-refractivity contribution in [2.24, 2.45) is 5.10 Å². The molecule has 0 aliphatic carbocycles. The van der Waals surface area contributed by atoms with Crippen LogP contribution in [-0.2, 0) is 16.4 Å². The van der Waals surface area contributed by atoms with Crippen LogP contribution in [0.5, 0.6) is 0 Å². The Labute approximate surface area is 187 Å². The fourth-order valence-electron chi connectivity index (χ4n) is 3.51. The number of anilines is 1. The summed E-state index contributed by atoms with van der Waals surface area (Å²) in [6.07, 6.45) is 5.74. The molecule has 3 aromatic rings. The van der Waals surface area contributed by atoms with Crippen molar-refractivity contribution in [3.8, 4) is 11.3 Å². The molecule has 162 valence electrons. The van der Waals surface area contributed by atoms with E-state index in [1.54, 1.807) is 22.7 Å². The van der Waals surface area contributed by atoms with Crippen molar-refractivity contribution < 1.29 is 8.42 Å². The first-order chi connectivity index (χ1) is 15.1. The van der Waals surface area contributed by atoms with E-state index in [0.29, 0.717) is 23.1 Å². The van der Waals surface area contributed by atoms with Gasteiger partial charge in [-0.3, -0.25) is 5.43 Å². The van der Waals surface area contributed by atoms with Crippen LogP contribution in [0.1, 0.15) is 37.3 Å². The van der Waals surface area contributed by atoms with E-state index in [1.165, 1.54) is 16.9 Å². The Morgan fingerprint density at radius 3 is 2.45 bits per heavy atom. The molecule has 2 aromatic carbocycles. The van der Waals surface area contributed by atoms with Crippen molar-refractivity contribution in [1.82, 2.24) is 9.29 Å². The number of aryl methyl sites for hydroxylation is 1. The van der Waals surface area contributed by atoms with Gasteiger partial charge in [0.25, 0.3) is 0 Å². The maximum absolute atomic E-state index is 12.8. The molecule has 0 radical (unpaired) electrons. The average molecular weight is 455 g/mol. The Morgan fingerprint density at radius 1 is 1.06 bits per heavy atom. The van der Waals surface area contributed by atoms with Gasteiger partial charge < -0.3 is 0 Å². The molecule has 6 nitrogen and oxygen atoms in total. The van der Waals surface area contributed by atoms with Crippen molar-refractivity contribution in [1.29, 1.82) is 0 Å². The monoisotopic (exact) mass is 454 g/mol. The number of hydrogen-bond acceptors (Lipinski definition) is 6. The number of benzene rings is 2. The fraction of sp³-hybridized carbons (Fsp3) is 0.304. The first-order valence-electron chi connectivity index (χ1n) is 10.5. The third kappa shape index (κ3) is 5.20. The normalized spacial score (nSPS) is 15.4. The fourth-order valence-corrected chi connectivity index (χ4v) is 5.70. The van der Waals surface area contributed by atoms with Gasteiger partial charge in [-0.1, -0.05) is 49.7 Å². The number of sulfonamides is 1. The molecule has 1 aliphatic rings. The standard InChI is InChI=1S/C23H26N4O2S2/c1-2-18-6-8-19(9-7-18)16-24-26-23-25-22(17-30-23)20-10-12-21(13-11-20)31(28,29)27-14-4-3-5-15-27/h6-13,16-17H,2-5,14-15H2,1H3,(H,25,26)/b24-16+. The number of hydrogen-bond donors (Lipinski definition) is 1. The predicted molar refractivity (Wildman–Crippen MR) is 127 cm³/mol. The van der Waals surface area contributed by atoms with Crippen molar-refractivity contribution in [2.45, 2.75) is 37.5 Å². The highest BCUT2D eigenvalue weighted by atomic mass is 32.2. The van der Waals surface area contributed by atoms with Crippen LogP contribution in [-0.4, -0.2) is 37.0 Å². The number of nitrogens with zero attached hydrogens (tertiary/aromatic N) is 3.